The van der Waals surface area contributed by atoms with Crippen molar-refractivity contribution >= 4 is 5.69 Å². The SMILES string of the molecule is CNCc1cc(C)ccc1N1CCC(C(C)(C)C)C1. The third kappa shape index (κ3) is 3.30. The Labute approximate surface area is 118 Å². The summed E-state index contributed by atoms with van der Waals surface area (Å²) in [7, 11) is 2.02. The number of nitrogens with one attached hydrogen (secondary N) is 1. The van der Waals surface area contributed by atoms with Crippen molar-refractivity contribution in [2.75, 3.05) is 25.0 Å². The molecular formula is C17H28N2. The normalized spacial score (nSPS) is 20.1. The summed E-state index contributed by atoms with van der Waals surface area (Å²) < 4.78 is 0. The maximum atomic E-state index is 3.29. The largest absolute Gasteiger partial charge is 0.371 e. The number of nitrogens with zero attached hydrogens (tertiary/aromatic N) is 1. The van der Waals surface area contributed by atoms with Gasteiger partial charge in [0.05, 0.1) is 0 Å². The fourth-order valence-electron chi connectivity index (χ4n) is 3.04. The monoisotopic (exact) mass is 260 g/mol. The van der Waals surface area contributed by atoms with E-state index in [2.05, 4.69) is 56.1 Å². The number of benzene rings is 1. The van der Waals surface area contributed by atoms with Gasteiger partial charge in [0, 0.05) is 25.3 Å². The molecule has 1 unspecified atom stereocenters. The van der Waals surface area contributed by atoms with Gasteiger partial charge in [-0.2, -0.15) is 0 Å². The minimum Gasteiger partial charge on any atom is -0.371 e. The topological polar surface area (TPSA) is 15.3 Å². The van der Waals surface area contributed by atoms with E-state index in [9.17, 15) is 0 Å². The van der Waals surface area contributed by atoms with Crippen LogP contribution in [0.4, 0.5) is 5.69 Å². The molecule has 1 atom stereocenters. The van der Waals surface area contributed by atoms with E-state index in [0.29, 0.717) is 5.41 Å². The molecule has 0 aromatic heterocycles. The number of anilines is 1. The summed E-state index contributed by atoms with van der Waals surface area (Å²) in [6.07, 6.45) is 1.32. The number of rotatable bonds is 3. The van der Waals surface area contributed by atoms with Gasteiger partial charge in [0.25, 0.3) is 0 Å². The van der Waals surface area contributed by atoms with Crippen molar-refractivity contribution in [2.45, 2.75) is 40.7 Å². The highest BCUT2D eigenvalue weighted by molar-refractivity contribution is 5.55. The molecule has 2 rings (SSSR count). The van der Waals surface area contributed by atoms with Crippen LogP contribution < -0.4 is 10.2 Å². The van der Waals surface area contributed by atoms with Crippen LogP contribution in [-0.2, 0) is 6.54 Å². The van der Waals surface area contributed by atoms with Crippen LogP contribution in [0.15, 0.2) is 18.2 Å². The molecule has 1 aromatic carbocycles. The molecule has 106 valence electrons. The third-order valence-corrected chi connectivity index (χ3v) is 4.36. The van der Waals surface area contributed by atoms with Crippen LogP contribution in [0.3, 0.4) is 0 Å². The molecule has 0 aliphatic carbocycles. The molecule has 1 aromatic rings. The molecule has 1 aliphatic rings. The second kappa shape index (κ2) is 5.54. The van der Waals surface area contributed by atoms with Gasteiger partial charge in [0.1, 0.15) is 0 Å². The highest BCUT2D eigenvalue weighted by Gasteiger charge is 2.32. The Hall–Kier alpha value is -1.02. The average molecular weight is 260 g/mol. The lowest BCUT2D eigenvalue weighted by Crippen LogP contribution is -2.26. The van der Waals surface area contributed by atoms with Gasteiger partial charge in [-0.1, -0.05) is 38.5 Å². The molecule has 1 saturated heterocycles. The summed E-state index contributed by atoms with van der Waals surface area (Å²) in [5, 5.41) is 3.29. The van der Waals surface area contributed by atoms with Crippen LogP contribution in [0.25, 0.3) is 0 Å². The maximum Gasteiger partial charge on any atom is 0.0412 e. The molecule has 2 heteroatoms. The van der Waals surface area contributed by atoms with E-state index in [1.807, 2.05) is 7.05 Å². The van der Waals surface area contributed by atoms with Crippen LogP contribution in [0.2, 0.25) is 0 Å². The first kappa shape index (κ1) is 14.4. The zero-order chi connectivity index (χ0) is 14.0. The molecule has 0 spiro atoms. The van der Waals surface area contributed by atoms with E-state index < -0.39 is 0 Å². The van der Waals surface area contributed by atoms with Crippen LogP contribution in [-0.4, -0.2) is 20.1 Å². The van der Waals surface area contributed by atoms with Crippen LogP contribution in [0.1, 0.15) is 38.3 Å². The van der Waals surface area contributed by atoms with E-state index in [4.69, 9.17) is 0 Å². The van der Waals surface area contributed by atoms with Gasteiger partial charge in [0.2, 0.25) is 0 Å². The number of hydrogen-bond acceptors (Lipinski definition) is 2. The molecule has 0 amide bonds. The molecular weight excluding hydrogens is 232 g/mol. The lowest BCUT2D eigenvalue weighted by molar-refractivity contribution is 0.263. The average Bonchev–Trinajstić information content (AvgIpc) is 2.78. The Morgan fingerprint density at radius 1 is 1.32 bits per heavy atom. The zero-order valence-corrected chi connectivity index (χ0v) is 13.1. The highest BCUT2D eigenvalue weighted by Crippen LogP contribution is 2.36. The minimum absolute atomic E-state index is 0.419. The molecule has 1 N–H and O–H groups in total. The van der Waals surface area contributed by atoms with Gasteiger partial charge in [-0.3, -0.25) is 0 Å². The Morgan fingerprint density at radius 2 is 2.05 bits per heavy atom. The molecule has 1 fully saturated rings. The van der Waals surface area contributed by atoms with Gasteiger partial charge < -0.3 is 10.2 Å². The third-order valence-electron chi connectivity index (χ3n) is 4.36. The molecule has 1 aliphatic heterocycles. The van der Waals surface area contributed by atoms with E-state index >= 15 is 0 Å². The molecule has 0 bridgehead atoms. The standard InChI is InChI=1S/C17H28N2/c1-13-6-7-16(14(10-13)11-18-5)19-9-8-15(12-19)17(2,3)4/h6-7,10,15,18H,8-9,11-12H2,1-5H3. The van der Waals surface area contributed by atoms with Gasteiger partial charge in [-0.15, -0.1) is 0 Å². The molecule has 0 radical (unpaired) electrons. The predicted octanol–water partition coefficient (Wildman–Crippen LogP) is 3.59. The first-order valence-electron chi connectivity index (χ1n) is 7.41. The van der Waals surface area contributed by atoms with Crippen molar-refractivity contribution in [3.63, 3.8) is 0 Å². The van der Waals surface area contributed by atoms with E-state index in [1.165, 1.54) is 36.3 Å². The minimum atomic E-state index is 0.419. The molecule has 0 saturated carbocycles. The predicted molar refractivity (Wildman–Crippen MR) is 83.7 cm³/mol. The zero-order valence-electron chi connectivity index (χ0n) is 13.1. The Morgan fingerprint density at radius 3 is 2.63 bits per heavy atom. The van der Waals surface area contributed by atoms with Crippen molar-refractivity contribution in [1.29, 1.82) is 0 Å². The van der Waals surface area contributed by atoms with Gasteiger partial charge >= 0.3 is 0 Å². The molecule has 19 heavy (non-hydrogen) atoms. The highest BCUT2D eigenvalue weighted by atomic mass is 15.2. The quantitative estimate of drug-likeness (QED) is 0.893. The first-order chi connectivity index (χ1) is 8.91. The molecule has 1 heterocycles. The Balaban J connectivity index is 2.19. The van der Waals surface area contributed by atoms with Crippen molar-refractivity contribution in [3.8, 4) is 0 Å². The van der Waals surface area contributed by atoms with Crippen molar-refractivity contribution in [1.82, 2.24) is 5.32 Å². The smallest absolute Gasteiger partial charge is 0.0412 e. The number of aryl methyl sites for hydroxylation is 1. The van der Waals surface area contributed by atoms with Crippen LogP contribution >= 0.6 is 0 Å². The van der Waals surface area contributed by atoms with Gasteiger partial charge in [-0.05, 0) is 43.4 Å². The second-order valence-corrected chi connectivity index (χ2v) is 6.96. The fraction of sp³-hybridized carbons (Fsp3) is 0.647. The first-order valence-corrected chi connectivity index (χ1v) is 7.41. The van der Waals surface area contributed by atoms with E-state index in [0.717, 1.165) is 12.5 Å². The molecule has 2 nitrogen and oxygen atoms in total. The second-order valence-electron chi connectivity index (χ2n) is 6.96. The Kier molecular flexibility index (Phi) is 4.19. The van der Waals surface area contributed by atoms with Gasteiger partial charge in [0.15, 0.2) is 0 Å². The summed E-state index contributed by atoms with van der Waals surface area (Å²) in [6, 6.07) is 6.85. The lowest BCUT2D eigenvalue weighted by Gasteiger charge is -2.28. The number of hydrogen-bond donors (Lipinski definition) is 1. The van der Waals surface area contributed by atoms with Crippen LogP contribution in [0, 0.1) is 18.3 Å². The summed E-state index contributed by atoms with van der Waals surface area (Å²) in [5.41, 5.74) is 4.62. The van der Waals surface area contributed by atoms with Crippen LogP contribution in [0.5, 0.6) is 0 Å². The summed E-state index contributed by atoms with van der Waals surface area (Å²) >= 11 is 0. The van der Waals surface area contributed by atoms with Crippen molar-refractivity contribution in [2.24, 2.45) is 11.3 Å². The van der Waals surface area contributed by atoms with Crippen molar-refractivity contribution in [3.05, 3.63) is 29.3 Å². The fourth-order valence-corrected chi connectivity index (χ4v) is 3.04. The lowest BCUT2D eigenvalue weighted by atomic mass is 9.80. The maximum absolute atomic E-state index is 3.29. The van der Waals surface area contributed by atoms with E-state index in [-0.39, 0.29) is 0 Å². The van der Waals surface area contributed by atoms with Crippen molar-refractivity contribution < 1.29 is 0 Å². The van der Waals surface area contributed by atoms with E-state index in [1.54, 1.807) is 0 Å². The Bertz CT molecular complexity index is 431. The van der Waals surface area contributed by atoms with Gasteiger partial charge in [-0.25, -0.2) is 0 Å². The summed E-state index contributed by atoms with van der Waals surface area (Å²) in [5.74, 6) is 0.802. The summed E-state index contributed by atoms with van der Waals surface area (Å²) in [4.78, 5) is 2.57. The summed E-state index contributed by atoms with van der Waals surface area (Å²) in [6.45, 7) is 12.6.